The van der Waals surface area contributed by atoms with Gasteiger partial charge in [0.05, 0.1) is 0 Å². The second-order valence-electron chi connectivity index (χ2n) is 16.8. The molecule has 0 amide bonds. The van der Waals surface area contributed by atoms with Gasteiger partial charge in [-0.1, -0.05) is 132 Å². The molecule has 0 atom stereocenters. The van der Waals surface area contributed by atoms with E-state index in [9.17, 15) is 0 Å². The quantitative estimate of drug-likeness (QED) is 0.119. The molecule has 4 aromatic rings. The summed E-state index contributed by atoms with van der Waals surface area (Å²) in [5.41, 5.74) is 45.6. The van der Waals surface area contributed by atoms with Crippen molar-refractivity contribution in [3.05, 3.63) is 115 Å². The van der Waals surface area contributed by atoms with Gasteiger partial charge in [0.15, 0.2) is 0 Å². The summed E-state index contributed by atoms with van der Waals surface area (Å²) in [5, 5.41) is 0. The van der Waals surface area contributed by atoms with Crippen LogP contribution < -0.4 is 22.9 Å². The minimum Gasteiger partial charge on any atom is -0.398 e. The van der Waals surface area contributed by atoms with Gasteiger partial charge < -0.3 is 22.9 Å². The average molecular weight is 675 g/mol. The molecule has 50 heavy (non-hydrogen) atoms. The summed E-state index contributed by atoms with van der Waals surface area (Å²) < 4.78 is 0. The fraction of sp³-hybridized carbons (Fsp3) is 0.478. The third-order valence-corrected chi connectivity index (χ3v) is 10.9. The second kappa shape index (κ2) is 15.1. The Balaban J connectivity index is 2.31. The van der Waals surface area contributed by atoms with Crippen LogP contribution in [0.15, 0.2) is 48.5 Å². The molecule has 0 heterocycles. The number of nitrogens with two attached hydrogens (primary N) is 4. The van der Waals surface area contributed by atoms with Gasteiger partial charge in [-0.15, -0.1) is 0 Å². The van der Waals surface area contributed by atoms with E-state index in [4.69, 9.17) is 22.9 Å². The summed E-state index contributed by atoms with van der Waals surface area (Å²) in [6.45, 7) is 31.2. The van der Waals surface area contributed by atoms with Gasteiger partial charge in [-0.3, -0.25) is 0 Å². The maximum Gasteiger partial charge on any atom is 0.0384 e. The van der Waals surface area contributed by atoms with Gasteiger partial charge in [0.2, 0.25) is 0 Å². The van der Waals surface area contributed by atoms with E-state index in [1.54, 1.807) is 0 Å². The number of anilines is 4. The average Bonchev–Trinajstić information content (AvgIpc) is 3.02. The van der Waals surface area contributed by atoms with Gasteiger partial charge >= 0.3 is 0 Å². The molecular formula is C46H66N4. The van der Waals surface area contributed by atoms with Crippen LogP contribution in [0, 0.1) is 13.8 Å². The van der Waals surface area contributed by atoms with Crippen molar-refractivity contribution in [3.8, 4) is 0 Å². The highest BCUT2D eigenvalue weighted by molar-refractivity contribution is 5.66. The zero-order valence-corrected chi connectivity index (χ0v) is 33.5. The van der Waals surface area contributed by atoms with Crippen molar-refractivity contribution < 1.29 is 0 Å². The molecule has 0 bridgehead atoms. The highest BCUT2D eigenvalue weighted by atomic mass is 14.6. The predicted octanol–water partition coefficient (Wildman–Crippen LogP) is 12.3. The molecule has 4 heteroatoms. The number of nitrogen functional groups attached to an aromatic ring is 4. The number of hydrogen-bond acceptors (Lipinski definition) is 4. The van der Waals surface area contributed by atoms with Crippen molar-refractivity contribution in [3.63, 3.8) is 0 Å². The zero-order chi connectivity index (χ0) is 37.5. The fourth-order valence-corrected chi connectivity index (χ4v) is 7.89. The molecule has 0 fully saturated rings. The molecule has 270 valence electrons. The fourth-order valence-electron chi connectivity index (χ4n) is 7.89. The number of rotatable bonds is 11. The molecule has 0 aliphatic heterocycles. The van der Waals surface area contributed by atoms with Crippen LogP contribution in [0.3, 0.4) is 0 Å². The van der Waals surface area contributed by atoms with Gasteiger partial charge in [-0.25, -0.2) is 0 Å². The van der Waals surface area contributed by atoms with E-state index in [0.717, 1.165) is 33.9 Å². The van der Waals surface area contributed by atoms with E-state index >= 15 is 0 Å². The van der Waals surface area contributed by atoms with Crippen LogP contribution >= 0.6 is 0 Å². The lowest BCUT2D eigenvalue weighted by molar-refractivity contribution is 0.678. The molecule has 8 N–H and O–H groups in total. The van der Waals surface area contributed by atoms with Crippen molar-refractivity contribution >= 4 is 22.7 Å². The molecule has 0 saturated heterocycles. The van der Waals surface area contributed by atoms with Crippen LogP contribution in [-0.2, 0) is 0 Å². The molecule has 4 rings (SSSR count). The Morgan fingerprint density at radius 1 is 0.300 bits per heavy atom. The maximum atomic E-state index is 6.97. The minimum atomic E-state index is -0.0488. The lowest BCUT2D eigenvalue weighted by Gasteiger charge is -2.34. The van der Waals surface area contributed by atoms with Gasteiger partial charge in [0.1, 0.15) is 0 Å². The van der Waals surface area contributed by atoms with Gasteiger partial charge in [0, 0.05) is 34.6 Å². The Morgan fingerprint density at radius 2 is 0.480 bits per heavy atom. The van der Waals surface area contributed by atoms with Crippen LogP contribution in [0.5, 0.6) is 0 Å². The summed E-state index contributed by atoms with van der Waals surface area (Å²) in [6.07, 6.45) is 0. The third kappa shape index (κ3) is 7.55. The summed E-state index contributed by atoms with van der Waals surface area (Å²) in [6, 6.07) is 19.0. The first-order chi connectivity index (χ1) is 23.3. The first-order valence-corrected chi connectivity index (χ1v) is 18.9. The van der Waals surface area contributed by atoms with Crippen LogP contribution in [0.4, 0.5) is 22.7 Å². The molecule has 0 spiro atoms. The molecule has 0 aliphatic rings. The summed E-state index contributed by atoms with van der Waals surface area (Å²) in [7, 11) is 0. The first kappa shape index (κ1) is 38.9. The molecule has 4 nitrogen and oxygen atoms in total. The summed E-state index contributed by atoms with van der Waals surface area (Å²) >= 11 is 0. The smallest absolute Gasteiger partial charge is 0.0384 e. The van der Waals surface area contributed by atoms with Crippen LogP contribution in [0.25, 0.3) is 0 Å². The highest BCUT2D eigenvalue weighted by Crippen LogP contribution is 2.49. The first-order valence-electron chi connectivity index (χ1n) is 18.9. The van der Waals surface area contributed by atoms with Gasteiger partial charge in [-0.05, 0) is 116 Å². The normalized spacial score (nSPS) is 12.4. The number of aryl methyl sites for hydroxylation is 2. The molecule has 0 aliphatic carbocycles. The van der Waals surface area contributed by atoms with Gasteiger partial charge in [0.25, 0.3) is 0 Å². The van der Waals surface area contributed by atoms with E-state index in [-0.39, 0.29) is 47.3 Å². The minimum absolute atomic E-state index is 0.0455. The zero-order valence-electron chi connectivity index (χ0n) is 33.5. The van der Waals surface area contributed by atoms with Crippen molar-refractivity contribution in [2.45, 2.75) is 144 Å². The lowest BCUT2D eigenvalue weighted by atomic mass is 9.70. The molecule has 0 aromatic heterocycles. The van der Waals surface area contributed by atoms with Crippen LogP contribution in [-0.4, -0.2) is 0 Å². The number of hydrogen-bond donors (Lipinski definition) is 4. The maximum absolute atomic E-state index is 6.97. The SMILES string of the molecule is Cc1cc(C(c2cc(C)c(N)c(C(C)C)c2)C(c2cc(C(C)C)c(N)c(C(C)C)c2)c2cc(C(C)C)c(N)c(C(C)C)c2)cc(C(C)C)c1N. The largest absolute Gasteiger partial charge is 0.398 e. The van der Waals surface area contributed by atoms with E-state index in [1.165, 1.54) is 55.6 Å². The van der Waals surface area contributed by atoms with E-state index in [0.29, 0.717) is 0 Å². The molecule has 0 saturated carbocycles. The van der Waals surface area contributed by atoms with Crippen molar-refractivity contribution in [1.29, 1.82) is 0 Å². The van der Waals surface area contributed by atoms with Crippen molar-refractivity contribution in [1.82, 2.24) is 0 Å². The van der Waals surface area contributed by atoms with Crippen molar-refractivity contribution in [2.24, 2.45) is 0 Å². The third-order valence-electron chi connectivity index (χ3n) is 10.9. The Kier molecular flexibility index (Phi) is 11.8. The predicted molar refractivity (Wildman–Crippen MR) is 221 cm³/mol. The summed E-state index contributed by atoms with van der Waals surface area (Å²) in [5.74, 6) is 1.55. The second-order valence-corrected chi connectivity index (χ2v) is 16.8. The van der Waals surface area contributed by atoms with Crippen molar-refractivity contribution in [2.75, 3.05) is 22.9 Å². The van der Waals surface area contributed by atoms with E-state index < -0.39 is 0 Å². The van der Waals surface area contributed by atoms with Gasteiger partial charge in [-0.2, -0.15) is 0 Å². The van der Waals surface area contributed by atoms with Crippen LogP contribution in [0.1, 0.15) is 197 Å². The standard InChI is InChI=1S/C46H66N4/c1-23(2)35-17-31(15-29(13)43(35)47)41(32-16-30(14)44(48)36(18-32)24(3)4)42(33-19-37(25(5)6)45(49)38(20-33)26(7)8)34-21-39(27(9)10)46(50)40(22-34)28(11)12/h15-28,41-42H,47-50H2,1-14H3. The number of benzene rings is 4. The summed E-state index contributed by atoms with van der Waals surface area (Å²) in [4.78, 5) is 0. The van der Waals surface area contributed by atoms with Crippen LogP contribution in [0.2, 0.25) is 0 Å². The monoisotopic (exact) mass is 675 g/mol. The lowest BCUT2D eigenvalue weighted by Crippen LogP contribution is -2.19. The molecule has 4 aromatic carbocycles. The Bertz CT molecular complexity index is 1650. The Morgan fingerprint density at radius 3 is 0.680 bits per heavy atom. The molecule has 0 unspecified atom stereocenters. The molecular weight excluding hydrogens is 609 g/mol. The topological polar surface area (TPSA) is 104 Å². The molecule has 0 radical (unpaired) electrons. The highest BCUT2D eigenvalue weighted by Gasteiger charge is 2.33. The Labute approximate surface area is 304 Å². The van der Waals surface area contributed by atoms with E-state index in [2.05, 4.69) is 145 Å². The van der Waals surface area contributed by atoms with E-state index in [1.807, 2.05) is 0 Å². The Hall–Kier alpha value is -3.92.